The first-order chi connectivity index (χ1) is 8.38. The van der Waals surface area contributed by atoms with Gasteiger partial charge in [0.15, 0.2) is 0 Å². The topological polar surface area (TPSA) is 50.8 Å². The maximum Gasteiger partial charge on any atom is 0.128 e. The lowest BCUT2D eigenvalue weighted by Gasteiger charge is -2.08. The van der Waals surface area contributed by atoms with Crippen LogP contribution in [-0.2, 0) is 0 Å². The number of hydrogen-bond donors (Lipinski definition) is 1. The summed E-state index contributed by atoms with van der Waals surface area (Å²) in [7, 11) is 1.66. The van der Waals surface area contributed by atoms with E-state index >= 15 is 0 Å². The van der Waals surface area contributed by atoms with Gasteiger partial charge in [-0.25, -0.2) is 0 Å². The minimum Gasteiger partial charge on any atom is -0.496 e. The maximum atomic E-state index is 5.40. The third-order valence-electron chi connectivity index (χ3n) is 2.73. The Morgan fingerprint density at radius 2 is 2.18 bits per heavy atom. The fourth-order valence-corrected chi connectivity index (χ4v) is 1.89. The SMILES string of the molecule is COc1cc2[nH]ncc2cc1-c1cccnc1. The molecule has 2 heterocycles. The molecule has 84 valence electrons. The van der Waals surface area contributed by atoms with Crippen LogP contribution in [0.3, 0.4) is 0 Å². The normalized spacial score (nSPS) is 10.6. The van der Waals surface area contributed by atoms with Crippen LogP contribution in [0.2, 0.25) is 0 Å². The summed E-state index contributed by atoms with van der Waals surface area (Å²) in [5.74, 6) is 0.815. The summed E-state index contributed by atoms with van der Waals surface area (Å²) in [6.45, 7) is 0. The van der Waals surface area contributed by atoms with Crippen molar-refractivity contribution in [2.75, 3.05) is 7.11 Å². The smallest absolute Gasteiger partial charge is 0.128 e. The van der Waals surface area contributed by atoms with Crippen LogP contribution >= 0.6 is 0 Å². The molecule has 0 amide bonds. The molecule has 0 radical (unpaired) electrons. The van der Waals surface area contributed by atoms with Crippen molar-refractivity contribution in [1.82, 2.24) is 15.2 Å². The minimum absolute atomic E-state index is 0.815. The van der Waals surface area contributed by atoms with Crippen LogP contribution in [0.4, 0.5) is 0 Å². The van der Waals surface area contributed by atoms with E-state index in [1.165, 1.54) is 0 Å². The number of hydrogen-bond acceptors (Lipinski definition) is 3. The van der Waals surface area contributed by atoms with Gasteiger partial charge >= 0.3 is 0 Å². The largest absolute Gasteiger partial charge is 0.496 e. The number of aromatic amines is 1. The summed E-state index contributed by atoms with van der Waals surface area (Å²) in [5, 5.41) is 8.00. The number of aromatic nitrogens is 3. The van der Waals surface area contributed by atoms with Gasteiger partial charge < -0.3 is 4.74 Å². The first-order valence-corrected chi connectivity index (χ1v) is 5.30. The molecule has 4 nitrogen and oxygen atoms in total. The summed E-state index contributed by atoms with van der Waals surface area (Å²) in [4.78, 5) is 4.13. The summed E-state index contributed by atoms with van der Waals surface area (Å²) in [5.41, 5.74) is 3.02. The number of H-pyrrole nitrogens is 1. The van der Waals surface area contributed by atoms with Crippen LogP contribution in [0, 0.1) is 0 Å². The fourth-order valence-electron chi connectivity index (χ4n) is 1.89. The Morgan fingerprint density at radius 3 is 2.94 bits per heavy atom. The highest BCUT2D eigenvalue weighted by Gasteiger charge is 2.08. The van der Waals surface area contributed by atoms with E-state index in [1.807, 2.05) is 24.4 Å². The lowest BCUT2D eigenvalue weighted by atomic mass is 10.0. The van der Waals surface area contributed by atoms with E-state index in [0.29, 0.717) is 0 Å². The molecular weight excluding hydrogens is 214 g/mol. The maximum absolute atomic E-state index is 5.40. The van der Waals surface area contributed by atoms with Crippen molar-refractivity contribution < 1.29 is 4.74 Å². The van der Waals surface area contributed by atoms with E-state index in [2.05, 4.69) is 21.2 Å². The Hall–Kier alpha value is -2.36. The van der Waals surface area contributed by atoms with Crippen molar-refractivity contribution in [1.29, 1.82) is 0 Å². The van der Waals surface area contributed by atoms with E-state index in [0.717, 1.165) is 27.8 Å². The second-order valence-electron chi connectivity index (χ2n) is 3.75. The van der Waals surface area contributed by atoms with Crippen LogP contribution in [0.1, 0.15) is 0 Å². The summed E-state index contributed by atoms with van der Waals surface area (Å²) in [6, 6.07) is 7.92. The summed E-state index contributed by atoms with van der Waals surface area (Å²) >= 11 is 0. The average Bonchev–Trinajstić information content (AvgIpc) is 2.85. The van der Waals surface area contributed by atoms with E-state index < -0.39 is 0 Å². The van der Waals surface area contributed by atoms with Gasteiger partial charge in [-0.05, 0) is 12.1 Å². The molecular formula is C13H11N3O. The third kappa shape index (κ3) is 1.63. The van der Waals surface area contributed by atoms with Gasteiger partial charge in [-0.15, -0.1) is 0 Å². The Bertz CT molecular complexity index is 646. The molecule has 0 saturated carbocycles. The van der Waals surface area contributed by atoms with Crippen LogP contribution in [0.15, 0.2) is 42.9 Å². The molecule has 1 aromatic carbocycles. The second kappa shape index (κ2) is 3.90. The number of methoxy groups -OCH3 is 1. The van der Waals surface area contributed by atoms with Gasteiger partial charge in [-0.1, -0.05) is 6.07 Å². The molecule has 3 aromatic rings. The zero-order chi connectivity index (χ0) is 11.7. The quantitative estimate of drug-likeness (QED) is 0.729. The van der Waals surface area contributed by atoms with Crippen LogP contribution in [0.5, 0.6) is 5.75 Å². The highest BCUT2D eigenvalue weighted by atomic mass is 16.5. The molecule has 0 aliphatic carbocycles. The van der Waals surface area contributed by atoms with Gasteiger partial charge in [0, 0.05) is 35.0 Å². The molecule has 0 atom stereocenters. The first-order valence-electron chi connectivity index (χ1n) is 5.30. The number of nitrogens with one attached hydrogen (secondary N) is 1. The van der Waals surface area contributed by atoms with E-state index in [-0.39, 0.29) is 0 Å². The van der Waals surface area contributed by atoms with Crippen molar-refractivity contribution in [3.05, 3.63) is 42.9 Å². The van der Waals surface area contributed by atoms with Gasteiger partial charge in [-0.2, -0.15) is 5.10 Å². The van der Waals surface area contributed by atoms with Gasteiger partial charge in [0.05, 0.1) is 18.8 Å². The zero-order valence-corrected chi connectivity index (χ0v) is 9.34. The molecule has 0 bridgehead atoms. The average molecular weight is 225 g/mol. The second-order valence-corrected chi connectivity index (χ2v) is 3.75. The summed E-state index contributed by atoms with van der Waals surface area (Å²) < 4.78 is 5.40. The molecule has 0 spiro atoms. The van der Waals surface area contributed by atoms with Gasteiger partial charge in [0.1, 0.15) is 5.75 Å². The predicted octanol–water partition coefficient (Wildman–Crippen LogP) is 2.63. The first kappa shape index (κ1) is 9.84. The molecule has 4 heteroatoms. The molecule has 0 aliphatic heterocycles. The highest BCUT2D eigenvalue weighted by molar-refractivity contribution is 5.87. The van der Waals surface area contributed by atoms with Crippen molar-refractivity contribution in [2.24, 2.45) is 0 Å². The zero-order valence-electron chi connectivity index (χ0n) is 9.34. The van der Waals surface area contributed by atoms with Crippen LogP contribution in [0.25, 0.3) is 22.0 Å². The Morgan fingerprint density at radius 1 is 1.24 bits per heavy atom. The molecule has 17 heavy (non-hydrogen) atoms. The van der Waals surface area contributed by atoms with Crippen molar-refractivity contribution in [2.45, 2.75) is 0 Å². The Balaban J connectivity index is 2.26. The monoisotopic (exact) mass is 225 g/mol. The van der Waals surface area contributed by atoms with E-state index in [9.17, 15) is 0 Å². The number of rotatable bonds is 2. The van der Waals surface area contributed by atoms with Gasteiger partial charge in [0.2, 0.25) is 0 Å². The highest BCUT2D eigenvalue weighted by Crippen LogP contribution is 2.32. The van der Waals surface area contributed by atoms with Gasteiger partial charge in [-0.3, -0.25) is 10.1 Å². The van der Waals surface area contributed by atoms with E-state index in [4.69, 9.17) is 4.74 Å². The molecule has 2 aromatic heterocycles. The molecule has 0 fully saturated rings. The van der Waals surface area contributed by atoms with E-state index in [1.54, 1.807) is 19.5 Å². The van der Waals surface area contributed by atoms with Crippen molar-refractivity contribution in [3.8, 4) is 16.9 Å². The molecule has 0 unspecified atom stereocenters. The fraction of sp³-hybridized carbons (Fsp3) is 0.0769. The third-order valence-corrected chi connectivity index (χ3v) is 2.73. The van der Waals surface area contributed by atoms with Gasteiger partial charge in [0.25, 0.3) is 0 Å². The predicted molar refractivity (Wildman–Crippen MR) is 65.9 cm³/mol. The molecule has 1 N–H and O–H groups in total. The summed E-state index contributed by atoms with van der Waals surface area (Å²) in [6.07, 6.45) is 5.38. The molecule has 0 saturated heterocycles. The number of fused-ring (bicyclic) bond motifs is 1. The van der Waals surface area contributed by atoms with Crippen molar-refractivity contribution >= 4 is 10.9 Å². The standard InChI is InChI=1S/C13H11N3O/c1-17-13-6-12-10(8-15-16-12)5-11(13)9-3-2-4-14-7-9/h2-8H,1H3,(H,15,16). The molecule has 3 rings (SSSR count). The Labute approximate surface area is 98.3 Å². The van der Waals surface area contributed by atoms with Crippen molar-refractivity contribution in [3.63, 3.8) is 0 Å². The molecule has 0 aliphatic rings. The number of ether oxygens (including phenoxy) is 1. The minimum atomic E-state index is 0.815. The lowest BCUT2D eigenvalue weighted by molar-refractivity contribution is 0.417. The number of nitrogens with zero attached hydrogens (tertiary/aromatic N) is 2. The van der Waals surface area contributed by atoms with Crippen LogP contribution < -0.4 is 4.74 Å². The lowest BCUT2D eigenvalue weighted by Crippen LogP contribution is -1.88. The van der Waals surface area contributed by atoms with Crippen LogP contribution in [-0.4, -0.2) is 22.3 Å². The Kier molecular flexibility index (Phi) is 2.26. The number of pyridine rings is 1. The number of benzene rings is 1.